The summed E-state index contributed by atoms with van der Waals surface area (Å²) in [5.74, 6) is 2.64. The van der Waals surface area contributed by atoms with Crippen LogP contribution >= 0.6 is 0 Å². The third-order valence-corrected chi connectivity index (χ3v) is 6.78. The summed E-state index contributed by atoms with van der Waals surface area (Å²) in [4.78, 5) is 0. The van der Waals surface area contributed by atoms with Crippen LogP contribution in [0.3, 0.4) is 0 Å². The van der Waals surface area contributed by atoms with Crippen LogP contribution < -0.4 is 0 Å². The first-order valence-corrected chi connectivity index (χ1v) is 11.7. The van der Waals surface area contributed by atoms with Gasteiger partial charge < -0.3 is 18.9 Å². The molecule has 3 aliphatic rings. The van der Waals surface area contributed by atoms with Crippen LogP contribution in [0.2, 0.25) is 0 Å². The maximum atomic E-state index is 6.12. The van der Waals surface area contributed by atoms with Crippen molar-refractivity contribution < 1.29 is 18.9 Å². The van der Waals surface area contributed by atoms with Crippen molar-refractivity contribution in [2.45, 2.75) is 97.1 Å². The van der Waals surface area contributed by atoms with Gasteiger partial charge in [0.05, 0.1) is 26.4 Å². The summed E-state index contributed by atoms with van der Waals surface area (Å²) in [6.07, 6.45) is 13.8. The van der Waals surface area contributed by atoms with E-state index in [9.17, 15) is 0 Å². The lowest BCUT2D eigenvalue weighted by Crippen LogP contribution is -2.39. The first-order chi connectivity index (χ1) is 13.3. The van der Waals surface area contributed by atoms with Crippen molar-refractivity contribution >= 4 is 0 Å². The average Bonchev–Trinajstić information content (AvgIpc) is 2.73. The smallest absolute Gasteiger partial charge is 0.160 e. The van der Waals surface area contributed by atoms with Gasteiger partial charge >= 0.3 is 0 Å². The molecule has 0 atom stereocenters. The molecule has 4 nitrogen and oxygen atoms in total. The van der Waals surface area contributed by atoms with Gasteiger partial charge in [0, 0.05) is 17.8 Å². The largest absolute Gasteiger partial charge is 0.352 e. The number of rotatable bonds is 9. The minimum Gasteiger partial charge on any atom is -0.352 e. The van der Waals surface area contributed by atoms with E-state index >= 15 is 0 Å². The molecule has 0 bridgehead atoms. The lowest BCUT2D eigenvalue weighted by molar-refractivity contribution is -0.236. The van der Waals surface area contributed by atoms with Gasteiger partial charge in [-0.2, -0.15) is 0 Å². The molecule has 3 rings (SSSR count). The topological polar surface area (TPSA) is 36.9 Å². The molecule has 0 amide bonds. The molecule has 3 fully saturated rings. The second kappa shape index (κ2) is 11.7. The Labute approximate surface area is 166 Å². The van der Waals surface area contributed by atoms with Gasteiger partial charge in [0.25, 0.3) is 0 Å². The van der Waals surface area contributed by atoms with Gasteiger partial charge in [-0.25, -0.2) is 0 Å². The molecule has 2 heterocycles. The molecule has 0 radical (unpaired) electrons. The Kier molecular flexibility index (Phi) is 9.37. The summed E-state index contributed by atoms with van der Waals surface area (Å²) >= 11 is 0. The molecule has 1 aliphatic carbocycles. The van der Waals surface area contributed by atoms with Crippen LogP contribution in [0.1, 0.15) is 84.5 Å². The van der Waals surface area contributed by atoms with Gasteiger partial charge in [-0.3, -0.25) is 0 Å². The number of hydrogen-bond donors (Lipinski definition) is 0. The molecule has 2 aliphatic heterocycles. The van der Waals surface area contributed by atoms with Crippen LogP contribution in [-0.4, -0.2) is 39.0 Å². The third-order valence-electron chi connectivity index (χ3n) is 6.78. The lowest BCUT2D eigenvalue weighted by Gasteiger charge is -2.38. The van der Waals surface area contributed by atoms with Gasteiger partial charge in [-0.15, -0.1) is 0 Å². The number of unbranched alkanes of at least 4 members (excludes halogenated alkanes) is 1. The van der Waals surface area contributed by atoms with E-state index in [2.05, 4.69) is 13.8 Å². The molecule has 0 spiro atoms. The predicted molar refractivity (Wildman–Crippen MR) is 107 cm³/mol. The molecular formula is C23H42O4. The molecule has 0 aromatic rings. The lowest BCUT2D eigenvalue weighted by atomic mass is 9.79. The van der Waals surface area contributed by atoms with E-state index in [0.717, 1.165) is 45.2 Å². The fourth-order valence-corrected chi connectivity index (χ4v) is 4.94. The normalized spacial score (nSPS) is 38.0. The van der Waals surface area contributed by atoms with Gasteiger partial charge in [-0.05, 0) is 50.9 Å². The van der Waals surface area contributed by atoms with E-state index in [1.165, 1.54) is 57.8 Å². The second-order valence-electron chi connectivity index (χ2n) is 9.15. The minimum atomic E-state index is -0.0190. The zero-order valence-electron chi connectivity index (χ0n) is 17.7. The summed E-state index contributed by atoms with van der Waals surface area (Å²) < 4.78 is 24.1. The molecule has 0 aromatic heterocycles. The van der Waals surface area contributed by atoms with E-state index in [-0.39, 0.29) is 12.6 Å². The van der Waals surface area contributed by atoms with Crippen molar-refractivity contribution in [1.29, 1.82) is 0 Å². The van der Waals surface area contributed by atoms with E-state index in [4.69, 9.17) is 18.9 Å². The highest BCUT2D eigenvalue weighted by Gasteiger charge is 2.32. The highest BCUT2D eigenvalue weighted by atomic mass is 16.7. The average molecular weight is 383 g/mol. The van der Waals surface area contributed by atoms with Crippen LogP contribution in [0.5, 0.6) is 0 Å². The van der Waals surface area contributed by atoms with E-state index in [1.807, 2.05) is 0 Å². The summed E-state index contributed by atoms with van der Waals surface area (Å²) in [5.41, 5.74) is 0. The summed E-state index contributed by atoms with van der Waals surface area (Å²) in [7, 11) is 0. The zero-order valence-corrected chi connectivity index (χ0v) is 17.7. The Bertz CT molecular complexity index is 378. The van der Waals surface area contributed by atoms with Crippen molar-refractivity contribution in [3.8, 4) is 0 Å². The van der Waals surface area contributed by atoms with Crippen molar-refractivity contribution in [2.75, 3.05) is 26.4 Å². The molecule has 27 heavy (non-hydrogen) atoms. The van der Waals surface area contributed by atoms with Gasteiger partial charge in [0.2, 0.25) is 0 Å². The Hall–Kier alpha value is -0.160. The molecule has 2 saturated heterocycles. The van der Waals surface area contributed by atoms with E-state index in [1.54, 1.807) is 0 Å². The molecular weight excluding hydrogens is 340 g/mol. The standard InChI is InChI=1S/C23H42O4/c1-3-5-7-19-14-24-22(25-15-19)13-10-20-16-26-23(27-17-20)21-11-8-18(6-4-2)9-12-21/h18-23H,3-17H2,1-2H3. The van der Waals surface area contributed by atoms with Crippen LogP contribution in [0, 0.1) is 23.7 Å². The Morgan fingerprint density at radius 3 is 1.85 bits per heavy atom. The van der Waals surface area contributed by atoms with Crippen LogP contribution in [-0.2, 0) is 18.9 Å². The maximum Gasteiger partial charge on any atom is 0.160 e. The molecule has 0 aromatic carbocycles. The highest BCUT2D eigenvalue weighted by Crippen LogP contribution is 2.36. The molecule has 1 saturated carbocycles. The number of hydrogen-bond acceptors (Lipinski definition) is 4. The van der Waals surface area contributed by atoms with E-state index in [0.29, 0.717) is 17.8 Å². The third kappa shape index (κ3) is 6.99. The zero-order chi connectivity index (χ0) is 18.9. The Morgan fingerprint density at radius 1 is 0.593 bits per heavy atom. The number of ether oxygens (including phenoxy) is 4. The quantitative estimate of drug-likeness (QED) is 0.524. The van der Waals surface area contributed by atoms with Crippen molar-refractivity contribution in [2.24, 2.45) is 23.7 Å². The van der Waals surface area contributed by atoms with Crippen molar-refractivity contribution in [1.82, 2.24) is 0 Å². The van der Waals surface area contributed by atoms with Crippen molar-refractivity contribution in [3.05, 3.63) is 0 Å². The predicted octanol–water partition coefficient (Wildman–Crippen LogP) is 5.54. The Morgan fingerprint density at radius 2 is 1.22 bits per heavy atom. The first kappa shape index (κ1) is 21.5. The fourth-order valence-electron chi connectivity index (χ4n) is 4.94. The van der Waals surface area contributed by atoms with Crippen LogP contribution in [0.25, 0.3) is 0 Å². The monoisotopic (exact) mass is 382 g/mol. The van der Waals surface area contributed by atoms with Gasteiger partial charge in [-0.1, -0.05) is 39.5 Å². The van der Waals surface area contributed by atoms with E-state index < -0.39 is 0 Å². The maximum absolute atomic E-state index is 6.12. The molecule has 158 valence electrons. The highest BCUT2D eigenvalue weighted by molar-refractivity contribution is 4.77. The minimum absolute atomic E-state index is 0.0190. The Balaban J connectivity index is 1.26. The molecule has 4 heteroatoms. The second-order valence-corrected chi connectivity index (χ2v) is 9.15. The van der Waals surface area contributed by atoms with Gasteiger partial charge in [0.1, 0.15) is 0 Å². The summed E-state index contributed by atoms with van der Waals surface area (Å²) in [5, 5.41) is 0. The van der Waals surface area contributed by atoms with Gasteiger partial charge in [0.15, 0.2) is 12.6 Å². The summed E-state index contributed by atoms with van der Waals surface area (Å²) in [6, 6.07) is 0. The first-order valence-electron chi connectivity index (χ1n) is 11.7. The van der Waals surface area contributed by atoms with Crippen LogP contribution in [0.4, 0.5) is 0 Å². The van der Waals surface area contributed by atoms with Crippen molar-refractivity contribution in [3.63, 3.8) is 0 Å². The molecule has 0 N–H and O–H groups in total. The summed E-state index contributed by atoms with van der Waals surface area (Å²) in [6.45, 7) is 7.95. The molecule has 0 unspecified atom stereocenters. The SMILES string of the molecule is CCCCC1COC(CCC2COC(C3CCC(CCC)CC3)OC2)OC1. The fraction of sp³-hybridized carbons (Fsp3) is 1.00. The van der Waals surface area contributed by atoms with Crippen LogP contribution in [0.15, 0.2) is 0 Å².